The number of fused-ring (bicyclic) bond motifs is 1. The fourth-order valence-corrected chi connectivity index (χ4v) is 2.16. The zero-order chi connectivity index (χ0) is 9.69. The van der Waals surface area contributed by atoms with Crippen LogP contribution in [0.25, 0.3) is 0 Å². The molecule has 3 heteroatoms. The molecule has 2 heterocycles. The Morgan fingerprint density at radius 3 is 2.85 bits per heavy atom. The molecule has 0 spiro atoms. The van der Waals surface area contributed by atoms with Crippen LogP contribution in [0, 0.1) is 5.92 Å². The maximum Gasteiger partial charge on any atom is 0.338 e. The first-order valence-electron chi connectivity index (χ1n) is 4.51. The van der Waals surface area contributed by atoms with E-state index in [9.17, 15) is 4.79 Å². The van der Waals surface area contributed by atoms with E-state index in [1.54, 1.807) is 6.08 Å². The van der Waals surface area contributed by atoms with Crippen LogP contribution in [0.2, 0.25) is 0 Å². The van der Waals surface area contributed by atoms with Crippen molar-refractivity contribution in [2.45, 2.75) is 31.5 Å². The van der Waals surface area contributed by atoms with E-state index in [0.29, 0.717) is 6.61 Å². The number of carbonyl (C=O) groups is 1. The standard InChI is InChI=1S/C10H14O3/c1-4-9(2)5-7-6-12-8(11)10(7,3)13-9/h4,7H,1,5-6H2,2-3H3/t7-,9-,10-/m0/s1. The Kier molecular flexibility index (Phi) is 1.58. The van der Waals surface area contributed by atoms with E-state index in [1.165, 1.54) is 0 Å². The van der Waals surface area contributed by atoms with Gasteiger partial charge in [-0.2, -0.15) is 0 Å². The van der Waals surface area contributed by atoms with Gasteiger partial charge in [0.2, 0.25) is 0 Å². The molecule has 0 amide bonds. The molecule has 3 nitrogen and oxygen atoms in total. The van der Waals surface area contributed by atoms with Gasteiger partial charge >= 0.3 is 5.97 Å². The van der Waals surface area contributed by atoms with E-state index < -0.39 is 5.60 Å². The number of cyclic esters (lactones) is 1. The fraction of sp³-hybridized carbons (Fsp3) is 0.700. The number of hydrogen-bond acceptors (Lipinski definition) is 3. The molecule has 0 aromatic heterocycles. The summed E-state index contributed by atoms with van der Waals surface area (Å²) in [4.78, 5) is 11.4. The molecule has 0 unspecified atom stereocenters. The second-order valence-electron chi connectivity index (χ2n) is 4.23. The molecule has 13 heavy (non-hydrogen) atoms. The van der Waals surface area contributed by atoms with Gasteiger partial charge in [-0.15, -0.1) is 6.58 Å². The zero-order valence-corrected chi connectivity index (χ0v) is 8.00. The number of hydrogen-bond donors (Lipinski definition) is 0. The predicted molar refractivity (Wildman–Crippen MR) is 47.2 cm³/mol. The van der Waals surface area contributed by atoms with Gasteiger partial charge in [0.05, 0.1) is 12.2 Å². The molecule has 2 aliphatic heterocycles. The van der Waals surface area contributed by atoms with E-state index in [4.69, 9.17) is 9.47 Å². The van der Waals surface area contributed by atoms with Gasteiger partial charge in [-0.3, -0.25) is 0 Å². The van der Waals surface area contributed by atoms with E-state index in [-0.39, 0.29) is 17.5 Å². The molecular formula is C10H14O3. The molecule has 0 aromatic rings. The summed E-state index contributed by atoms with van der Waals surface area (Å²) in [6.07, 6.45) is 2.59. The van der Waals surface area contributed by atoms with Crippen molar-refractivity contribution in [3.63, 3.8) is 0 Å². The third-order valence-electron chi connectivity index (χ3n) is 3.13. The molecule has 3 atom stereocenters. The average molecular weight is 182 g/mol. The Balaban J connectivity index is 2.30. The molecule has 2 fully saturated rings. The smallest absolute Gasteiger partial charge is 0.338 e. The lowest BCUT2D eigenvalue weighted by molar-refractivity contribution is -0.161. The topological polar surface area (TPSA) is 35.5 Å². The van der Waals surface area contributed by atoms with Crippen molar-refractivity contribution in [2.75, 3.05) is 6.61 Å². The first-order chi connectivity index (χ1) is 6.00. The summed E-state index contributed by atoms with van der Waals surface area (Å²) in [5.74, 6) is -0.0499. The maximum absolute atomic E-state index is 11.4. The lowest BCUT2D eigenvalue weighted by atomic mass is 9.88. The van der Waals surface area contributed by atoms with Crippen molar-refractivity contribution >= 4 is 5.97 Å². The Hall–Kier alpha value is -0.830. The van der Waals surface area contributed by atoms with Crippen LogP contribution >= 0.6 is 0 Å². The van der Waals surface area contributed by atoms with Crippen molar-refractivity contribution in [3.05, 3.63) is 12.7 Å². The van der Waals surface area contributed by atoms with Crippen molar-refractivity contribution in [3.8, 4) is 0 Å². The van der Waals surface area contributed by atoms with Crippen molar-refractivity contribution < 1.29 is 14.3 Å². The van der Waals surface area contributed by atoms with Crippen LogP contribution in [-0.2, 0) is 14.3 Å². The molecule has 0 aliphatic carbocycles. The molecule has 0 aromatic carbocycles. The van der Waals surface area contributed by atoms with Crippen LogP contribution in [-0.4, -0.2) is 23.8 Å². The van der Waals surface area contributed by atoms with Crippen molar-refractivity contribution in [2.24, 2.45) is 5.92 Å². The van der Waals surface area contributed by atoms with Gasteiger partial charge in [-0.1, -0.05) is 6.08 Å². The third-order valence-corrected chi connectivity index (χ3v) is 3.13. The van der Waals surface area contributed by atoms with Crippen LogP contribution in [0.15, 0.2) is 12.7 Å². The van der Waals surface area contributed by atoms with Crippen LogP contribution in [0.5, 0.6) is 0 Å². The minimum Gasteiger partial charge on any atom is -0.463 e. The molecule has 2 saturated heterocycles. The second kappa shape index (κ2) is 2.35. The van der Waals surface area contributed by atoms with Crippen LogP contribution in [0.1, 0.15) is 20.3 Å². The first-order valence-corrected chi connectivity index (χ1v) is 4.51. The Morgan fingerprint density at radius 1 is 1.62 bits per heavy atom. The highest BCUT2D eigenvalue weighted by atomic mass is 16.6. The quantitative estimate of drug-likeness (QED) is 0.452. The summed E-state index contributed by atoms with van der Waals surface area (Å²) in [6.45, 7) is 7.97. The minimum absolute atomic E-state index is 0.183. The molecule has 2 rings (SSSR count). The van der Waals surface area contributed by atoms with Gasteiger partial charge in [0.15, 0.2) is 5.60 Å². The van der Waals surface area contributed by atoms with Crippen LogP contribution < -0.4 is 0 Å². The maximum atomic E-state index is 11.4. The van der Waals surface area contributed by atoms with Gasteiger partial charge in [-0.25, -0.2) is 4.79 Å². The summed E-state index contributed by atoms with van der Waals surface area (Å²) < 4.78 is 10.7. The SMILES string of the molecule is C=C[C@@]1(C)C[C@H]2COC(=O)[C@@]2(C)O1. The number of carbonyl (C=O) groups excluding carboxylic acids is 1. The molecule has 2 aliphatic rings. The van der Waals surface area contributed by atoms with Crippen molar-refractivity contribution in [1.82, 2.24) is 0 Å². The third kappa shape index (κ3) is 1.03. The minimum atomic E-state index is -0.733. The zero-order valence-electron chi connectivity index (χ0n) is 8.00. The van der Waals surface area contributed by atoms with Gasteiger partial charge in [-0.05, 0) is 20.3 Å². The molecule has 0 N–H and O–H groups in total. The number of rotatable bonds is 1. The Labute approximate surface area is 77.7 Å². The summed E-state index contributed by atoms with van der Waals surface area (Å²) in [6, 6.07) is 0. The van der Waals surface area contributed by atoms with E-state index in [0.717, 1.165) is 6.42 Å². The summed E-state index contributed by atoms with van der Waals surface area (Å²) in [5.41, 5.74) is -1.10. The summed E-state index contributed by atoms with van der Waals surface area (Å²) in [7, 11) is 0. The van der Waals surface area contributed by atoms with E-state index in [2.05, 4.69) is 6.58 Å². The molecule has 0 bridgehead atoms. The second-order valence-corrected chi connectivity index (χ2v) is 4.23. The number of ether oxygens (including phenoxy) is 2. The van der Waals surface area contributed by atoms with E-state index in [1.807, 2.05) is 13.8 Å². The number of esters is 1. The Bertz CT molecular complexity index is 273. The Morgan fingerprint density at radius 2 is 2.31 bits per heavy atom. The highest BCUT2D eigenvalue weighted by molar-refractivity contribution is 5.82. The predicted octanol–water partition coefficient (Wildman–Crippen LogP) is 1.28. The summed E-state index contributed by atoms with van der Waals surface area (Å²) in [5, 5.41) is 0. The molecule has 0 saturated carbocycles. The van der Waals surface area contributed by atoms with Gasteiger partial charge in [0.1, 0.15) is 0 Å². The molecule has 72 valence electrons. The molecule has 0 radical (unpaired) electrons. The highest BCUT2D eigenvalue weighted by Crippen LogP contribution is 2.46. The average Bonchev–Trinajstić information content (AvgIpc) is 2.48. The highest BCUT2D eigenvalue weighted by Gasteiger charge is 2.59. The van der Waals surface area contributed by atoms with Gasteiger partial charge in [0, 0.05) is 5.92 Å². The summed E-state index contributed by atoms with van der Waals surface area (Å²) >= 11 is 0. The first kappa shape index (κ1) is 8.75. The largest absolute Gasteiger partial charge is 0.463 e. The van der Waals surface area contributed by atoms with Crippen LogP contribution in [0.4, 0.5) is 0 Å². The lowest BCUT2D eigenvalue weighted by Gasteiger charge is -2.24. The lowest BCUT2D eigenvalue weighted by Crippen LogP contribution is -2.37. The van der Waals surface area contributed by atoms with Gasteiger partial charge in [0.25, 0.3) is 0 Å². The monoisotopic (exact) mass is 182 g/mol. The van der Waals surface area contributed by atoms with Crippen molar-refractivity contribution in [1.29, 1.82) is 0 Å². The fourth-order valence-electron chi connectivity index (χ4n) is 2.16. The molecular weight excluding hydrogens is 168 g/mol. The van der Waals surface area contributed by atoms with E-state index >= 15 is 0 Å². The van der Waals surface area contributed by atoms with Crippen LogP contribution in [0.3, 0.4) is 0 Å². The van der Waals surface area contributed by atoms with Gasteiger partial charge < -0.3 is 9.47 Å². The normalized spacial score (nSPS) is 48.8.